The molecule has 3 heteroatoms. The van der Waals surface area contributed by atoms with Gasteiger partial charge in [0.15, 0.2) is 0 Å². The molecule has 0 radical (unpaired) electrons. The van der Waals surface area contributed by atoms with Gasteiger partial charge in [0.2, 0.25) is 0 Å². The number of benzene rings is 5. The van der Waals surface area contributed by atoms with Gasteiger partial charge in [0, 0.05) is 16.5 Å². The van der Waals surface area contributed by atoms with Crippen molar-refractivity contribution in [3.05, 3.63) is 138 Å². The third-order valence-corrected chi connectivity index (χ3v) is 8.47. The molecule has 194 valence electrons. The van der Waals surface area contributed by atoms with Crippen molar-refractivity contribution in [2.45, 2.75) is 37.0 Å². The molecule has 1 fully saturated rings. The third-order valence-electron chi connectivity index (χ3n) is 8.47. The first kappa shape index (κ1) is 24.8. The van der Waals surface area contributed by atoms with E-state index < -0.39 is 0 Å². The molecule has 0 aromatic heterocycles. The second-order valence-electron chi connectivity index (χ2n) is 10.6. The Morgan fingerprint density at radius 1 is 0.513 bits per heavy atom. The quantitative estimate of drug-likeness (QED) is 0.221. The van der Waals surface area contributed by atoms with Crippen molar-refractivity contribution in [1.82, 2.24) is 0 Å². The van der Waals surface area contributed by atoms with Gasteiger partial charge in [-0.25, -0.2) is 0 Å². The summed E-state index contributed by atoms with van der Waals surface area (Å²) in [6, 6.07) is 39.8. The predicted octanol–water partition coefficient (Wildman–Crippen LogP) is 8.78. The molecule has 3 N–H and O–H groups in total. The molecule has 0 spiro atoms. The molecule has 5 aromatic rings. The van der Waals surface area contributed by atoms with Crippen LogP contribution >= 0.6 is 0 Å². The van der Waals surface area contributed by atoms with Crippen LogP contribution < -0.4 is 0 Å². The smallest absolute Gasteiger partial charge is 0.123 e. The monoisotopic (exact) mass is 512 g/mol. The minimum absolute atomic E-state index is 0.272. The van der Waals surface area contributed by atoms with Crippen molar-refractivity contribution in [3.8, 4) is 39.5 Å². The summed E-state index contributed by atoms with van der Waals surface area (Å²) in [5.41, 5.74) is 6.96. The van der Waals surface area contributed by atoms with E-state index in [-0.39, 0.29) is 16.9 Å². The van der Waals surface area contributed by atoms with Crippen LogP contribution in [0.5, 0.6) is 17.2 Å². The Kier molecular flexibility index (Phi) is 6.58. The molecule has 0 bridgehead atoms. The minimum atomic E-state index is -0.276. The maximum atomic E-state index is 10.8. The second-order valence-corrected chi connectivity index (χ2v) is 10.6. The van der Waals surface area contributed by atoms with Crippen LogP contribution in [0.25, 0.3) is 22.3 Å². The molecule has 0 atom stereocenters. The van der Waals surface area contributed by atoms with Crippen LogP contribution in [0.4, 0.5) is 0 Å². The van der Waals surface area contributed by atoms with E-state index in [0.717, 1.165) is 47.9 Å². The van der Waals surface area contributed by atoms with Crippen LogP contribution in [-0.4, -0.2) is 15.3 Å². The van der Waals surface area contributed by atoms with Gasteiger partial charge >= 0.3 is 0 Å². The van der Waals surface area contributed by atoms with Gasteiger partial charge in [0.25, 0.3) is 0 Å². The highest BCUT2D eigenvalue weighted by Gasteiger charge is 2.39. The summed E-state index contributed by atoms with van der Waals surface area (Å²) in [6.07, 6.45) is 3.84. The maximum Gasteiger partial charge on any atom is 0.123 e. The summed E-state index contributed by atoms with van der Waals surface area (Å²) < 4.78 is 0. The first-order chi connectivity index (χ1) is 19.0. The molecule has 0 saturated heterocycles. The van der Waals surface area contributed by atoms with E-state index in [4.69, 9.17) is 0 Å². The topological polar surface area (TPSA) is 60.7 Å². The number of rotatable bonds is 5. The van der Waals surface area contributed by atoms with E-state index >= 15 is 0 Å². The van der Waals surface area contributed by atoms with E-state index in [1.54, 1.807) is 12.1 Å². The SMILES string of the molecule is Oc1ccc(C2CCC(c3ccc(O)c(-c4ccccc4)c3)(c3ccc(O)c(-c4ccccc4)c3)CC2)cc1. The number of hydrogen-bond donors (Lipinski definition) is 3. The Morgan fingerprint density at radius 3 is 1.44 bits per heavy atom. The zero-order valence-electron chi connectivity index (χ0n) is 21.8. The first-order valence-corrected chi connectivity index (χ1v) is 13.6. The van der Waals surface area contributed by atoms with Crippen molar-refractivity contribution in [1.29, 1.82) is 0 Å². The molecule has 1 aliphatic rings. The average Bonchev–Trinajstić information content (AvgIpc) is 2.99. The van der Waals surface area contributed by atoms with Gasteiger partial charge < -0.3 is 15.3 Å². The van der Waals surface area contributed by atoms with Gasteiger partial charge in [-0.2, -0.15) is 0 Å². The van der Waals surface area contributed by atoms with Crippen LogP contribution in [-0.2, 0) is 5.41 Å². The lowest BCUT2D eigenvalue weighted by molar-refractivity contribution is 0.314. The fourth-order valence-corrected chi connectivity index (χ4v) is 6.30. The molecule has 0 amide bonds. The second kappa shape index (κ2) is 10.3. The molecule has 1 saturated carbocycles. The summed E-state index contributed by atoms with van der Waals surface area (Å²) in [6.45, 7) is 0. The van der Waals surface area contributed by atoms with Gasteiger partial charge in [0.1, 0.15) is 17.2 Å². The molecular formula is C36H32O3. The molecule has 6 rings (SSSR count). The third kappa shape index (κ3) is 4.77. The largest absolute Gasteiger partial charge is 0.508 e. The summed E-state index contributed by atoms with van der Waals surface area (Å²) in [7, 11) is 0. The van der Waals surface area contributed by atoms with E-state index in [0.29, 0.717) is 11.7 Å². The zero-order chi connectivity index (χ0) is 26.8. The number of hydrogen-bond acceptors (Lipinski definition) is 3. The highest BCUT2D eigenvalue weighted by Crippen LogP contribution is 2.51. The number of aromatic hydroxyl groups is 3. The Bertz CT molecular complexity index is 1470. The summed E-state index contributed by atoms with van der Waals surface area (Å²) in [5, 5.41) is 31.4. The summed E-state index contributed by atoms with van der Waals surface area (Å²) in [5.74, 6) is 1.25. The van der Waals surface area contributed by atoms with Gasteiger partial charge in [0.05, 0.1) is 0 Å². The van der Waals surface area contributed by atoms with Crippen LogP contribution in [0.1, 0.15) is 48.3 Å². The lowest BCUT2D eigenvalue weighted by Gasteiger charge is -2.42. The van der Waals surface area contributed by atoms with Gasteiger partial charge in [-0.3, -0.25) is 0 Å². The minimum Gasteiger partial charge on any atom is -0.508 e. The first-order valence-electron chi connectivity index (χ1n) is 13.6. The van der Waals surface area contributed by atoms with Crippen molar-refractivity contribution >= 4 is 0 Å². The molecule has 1 aliphatic carbocycles. The van der Waals surface area contributed by atoms with E-state index in [9.17, 15) is 15.3 Å². The molecule has 39 heavy (non-hydrogen) atoms. The van der Waals surface area contributed by atoms with Gasteiger partial charge in [-0.1, -0.05) is 84.9 Å². The van der Waals surface area contributed by atoms with Crippen LogP contribution in [0.2, 0.25) is 0 Å². The number of phenolic OH excluding ortho intramolecular Hbond substituents is 3. The Morgan fingerprint density at radius 2 is 0.974 bits per heavy atom. The van der Waals surface area contributed by atoms with Crippen molar-refractivity contribution in [2.24, 2.45) is 0 Å². The molecule has 0 unspecified atom stereocenters. The van der Waals surface area contributed by atoms with Crippen molar-refractivity contribution < 1.29 is 15.3 Å². The zero-order valence-corrected chi connectivity index (χ0v) is 21.8. The predicted molar refractivity (Wildman–Crippen MR) is 157 cm³/mol. The molecular weight excluding hydrogens is 480 g/mol. The van der Waals surface area contributed by atoms with Crippen LogP contribution in [0.3, 0.4) is 0 Å². The standard InChI is InChI=1S/C36H32O3/c37-31-15-11-25(12-16-31)26-19-21-36(22-20-26,29-13-17-34(38)32(23-29)27-7-3-1-4-8-27)30-14-18-35(39)33(24-30)28-9-5-2-6-10-28/h1-18,23-24,26,37-39H,19-22H2. The highest BCUT2D eigenvalue weighted by atomic mass is 16.3. The fourth-order valence-electron chi connectivity index (χ4n) is 6.30. The molecule has 5 aromatic carbocycles. The summed E-state index contributed by atoms with van der Waals surface area (Å²) in [4.78, 5) is 0. The molecule has 3 nitrogen and oxygen atoms in total. The van der Waals surface area contributed by atoms with E-state index in [1.807, 2.05) is 84.9 Å². The number of phenols is 3. The van der Waals surface area contributed by atoms with Crippen molar-refractivity contribution in [3.63, 3.8) is 0 Å². The Balaban J connectivity index is 1.46. The molecule has 0 heterocycles. The van der Waals surface area contributed by atoms with E-state index in [1.165, 1.54) is 16.7 Å². The highest BCUT2D eigenvalue weighted by molar-refractivity contribution is 5.73. The van der Waals surface area contributed by atoms with Gasteiger partial charge in [-0.15, -0.1) is 0 Å². The lowest BCUT2D eigenvalue weighted by Crippen LogP contribution is -2.32. The van der Waals surface area contributed by atoms with E-state index in [2.05, 4.69) is 24.3 Å². The lowest BCUT2D eigenvalue weighted by atomic mass is 9.62. The fraction of sp³-hybridized carbons (Fsp3) is 0.167. The average molecular weight is 513 g/mol. The van der Waals surface area contributed by atoms with Gasteiger partial charge in [-0.05, 0) is 95.8 Å². The van der Waals surface area contributed by atoms with Crippen molar-refractivity contribution in [2.75, 3.05) is 0 Å². The Labute approximate surface area is 229 Å². The van der Waals surface area contributed by atoms with Crippen LogP contribution in [0, 0.1) is 0 Å². The Hall–Kier alpha value is -4.50. The molecule has 0 aliphatic heterocycles. The normalized spacial score (nSPS) is 15.2. The maximum absolute atomic E-state index is 10.8. The van der Waals surface area contributed by atoms with Crippen LogP contribution in [0.15, 0.2) is 121 Å². The summed E-state index contributed by atoms with van der Waals surface area (Å²) >= 11 is 0.